The average molecular weight is 280 g/mol. The Hall–Kier alpha value is -0.700. The highest BCUT2D eigenvalue weighted by Gasteiger charge is 2.29. The molecule has 1 fully saturated rings. The summed E-state index contributed by atoms with van der Waals surface area (Å²) in [6, 6.07) is 0. The van der Waals surface area contributed by atoms with E-state index in [2.05, 4.69) is 9.62 Å². The molecule has 2 atom stereocenters. The molecule has 0 radical (unpaired) electrons. The molecule has 2 N–H and O–H groups in total. The van der Waals surface area contributed by atoms with E-state index in [0.717, 1.165) is 20.0 Å². The number of rotatable bonds is 6. The van der Waals surface area contributed by atoms with Crippen LogP contribution in [0, 0.1) is 0 Å². The first-order valence-corrected chi connectivity index (χ1v) is 7.46. The number of nitrogens with one attached hydrogen (secondary N) is 1. The molecule has 1 saturated heterocycles. The van der Waals surface area contributed by atoms with Crippen molar-refractivity contribution in [3.63, 3.8) is 0 Å². The molecule has 8 heteroatoms. The summed E-state index contributed by atoms with van der Waals surface area (Å²) in [5, 5.41) is 7.22. The van der Waals surface area contributed by atoms with Gasteiger partial charge >= 0.3 is 5.97 Å². The Morgan fingerprint density at radius 1 is 1.61 bits per heavy atom. The van der Waals surface area contributed by atoms with E-state index < -0.39 is 21.2 Å². The topological polar surface area (TPSA) is 95.9 Å². The van der Waals surface area contributed by atoms with Crippen LogP contribution in [0.1, 0.15) is 13.8 Å². The molecular weight excluding hydrogens is 260 g/mol. The van der Waals surface area contributed by atoms with E-state index in [-0.39, 0.29) is 12.6 Å². The van der Waals surface area contributed by atoms with Crippen LogP contribution in [0.15, 0.2) is 0 Å². The number of carboxylic acid groups (broad SMARTS) is 1. The summed E-state index contributed by atoms with van der Waals surface area (Å²) < 4.78 is 30.9. The largest absolute Gasteiger partial charge is 0.480 e. The van der Waals surface area contributed by atoms with E-state index >= 15 is 0 Å². The van der Waals surface area contributed by atoms with E-state index in [1.165, 1.54) is 0 Å². The van der Waals surface area contributed by atoms with Gasteiger partial charge in [-0.3, -0.25) is 9.69 Å². The van der Waals surface area contributed by atoms with Gasteiger partial charge in [0.2, 0.25) is 10.0 Å². The molecule has 0 aromatic carbocycles. The highest BCUT2D eigenvalue weighted by atomic mass is 32.2. The van der Waals surface area contributed by atoms with Crippen molar-refractivity contribution < 1.29 is 23.1 Å². The zero-order valence-electron chi connectivity index (χ0n) is 10.6. The van der Waals surface area contributed by atoms with E-state index in [4.69, 9.17) is 9.84 Å². The van der Waals surface area contributed by atoms with Crippen LogP contribution >= 0.6 is 0 Å². The molecule has 106 valence electrons. The van der Waals surface area contributed by atoms with Crippen LogP contribution < -0.4 is 4.72 Å². The van der Waals surface area contributed by atoms with Gasteiger partial charge in [0.05, 0.1) is 12.7 Å². The van der Waals surface area contributed by atoms with Gasteiger partial charge in [0.1, 0.15) is 0 Å². The van der Waals surface area contributed by atoms with Gasteiger partial charge in [-0.25, -0.2) is 13.1 Å². The van der Waals surface area contributed by atoms with Crippen LogP contribution in [0.5, 0.6) is 0 Å². The van der Waals surface area contributed by atoms with Crippen molar-refractivity contribution >= 4 is 16.0 Å². The zero-order valence-corrected chi connectivity index (χ0v) is 11.4. The Kier molecular flexibility index (Phi) is 5.51. The summed E-state index contributed by atoms with van der Waals surface area (Å²) >= 11 is 0. The summed E-state index contributed by atoms with van der Waals surface area (Å²) in [5.41, 5.74) is 0. The molecule has 2 unspecified atom stereocenters. The Balaban J connectivity index is 2.47. The fourth-order valence-corrected chi connectivity index (χ4v) is 2.59. The fourth-order valence-electron chi connectivity index (χ4n) is 1.66. The normalized spacial score (nSPS) is 23.8. The van der Waals surface area contributed by atoms with Crippen LogP contribution in [0.4, 0.5) is 0 Å². The number of likely N-dealkylation sites (N-methyl/N-ethyl adjacent to an activating group) is 1. The van der Waals surface area contributed by atoms with E-state index in [9.17, 15) is 13.2 Å². The van der Waals surface area contributed by atoms with Gasteiger partial charge in [-0.2, -0.15) is 0 Å². The molecule has 7 nitrogen and oxygen atoms in total. The van der Waals surface area contributed by atoms with Gasteiger partial charge in [-0.15, -0.1) is 0 Å². The molecule has 1 aliphatic rings. The van der Waals surface area contributed by atoms with Crippen molar-refractivity contribution in [1.82, 2.24) is 9.62 Å². The maximum absolute atomic E-state index is 11.6. The third-order valence-corrected chi connectivity index (χ3v) is 4.70. The lowest BCUT2D eigenvalue weighted by molar-refractivity contribution is -0.136. The van der Waals surface area contributed by atoms with Gasteiger partial charge in [0, 0.05) is 19.6 Å². The smallest absolute Gasteiger partial charge is 0.323 e. The number of nitrogens with zero attached hydrogens (tertiary/aromatic N) is 1. The summed E-state index contributed by atoms with van der Waals surface area (Å²) in [6.45, 7) is 6.22. The third-order valence-electron chi connectivity index (χ3n) is 3.00. The Bertz CT molecular complexity index is 384. The van der Waals surface area contributed by atoms with Gasteiger partial charge in [-0.1, -0.05) is 6.92 Å². The molecule has 0 bridgehead atoms. The van der Waals surface area contributed by atoms with Crippen LogP contribution in [0.25, 0.3) is 0 Å². The molecule has 0 aromatic heterocycles. The second-order valence-corrected chi connectivity index (χ2v) is 6.35. The zero-order chi connectivity index (χ0) is 13.8. The number of morpholine rings is 1. The first-order valence-electron chi connectivity index (χ1n) is 5.92. The predicted molar refractivity (Wildman–Crippen MR) is 65.9 cm³/mol. The van der Waals surface area contributed by atoms with Gasteiger partial charge in [-0.05, 0) is 13.5 Å². The molecule has 0 amide bonds. The van der Waals surface area contributed by atoms with Crippen LogP contribution in [-0.4, -0.2) is 68.5 Å². The molecule has 18 heavy (non-hydrogen) atoms. The second-order valence-electron chi connectivity index (χ2n) is 4.26. The summed E-state index contributed by atoms with van der Waals surface area (Å²) in [4.78, 5) is 12.8. The van der Waals surface area contributed by atoms with Crippen LogP contribution in [0.2, 0.25) is 0 Å². The SMILES string of the molecule is CCN1CCOC(CNS(=O)(=O)C(C)C(=O)O)C1. The summed E-state index contributed by atoms with van der Waals surface area (Å²) in [6.07, 6.45) is -0.227. The molecule has 1 aliphatic heterocycles. The molecular formula is C10H20N2O5S. The lowest BCUT2D eigenvalue weighted by Crippen LogP contribution is -2.49. The van der Waals surface area contributed by atoms with Crippen molar-refractivity contribution in [3.8, 4) is 0 Å². The number of hydrogen-bond acceptors (Lipinski definition) is 5. The second kappa shape index (κ2) is 6.46. The monoisotopic (exact) mass is 280 g/mol. The minimum atomic E-state index is -3.83. The number of aliphatic carboxylic acids is 1. The van der Waals surface area contributed by atoms with Crippen molar-refractivity contribution in [1.29, 1.82) is 0 Å². The molecule has 0 aromatic rings. The van der Waals surface area contributed by atoms with Crippen molar-refractivity contribution in [3.05, 3.63) is 0 Å². The van der Waals surface area contributed by atoms with Gasteiger partial charge in [0.25, 0.3) is 0 Å². The highest BCUT2D eigenvalue weighted by Crippen LogP contribution is 2.05. The predicted octanol–water partition coefficient (Wildman–Crippen LogP) is -0.900. The maximum atomic E-state index is 11.6. The quantitative estimate of drug-likeness (QED) is 0.654. The molecule has 1 rings (SSSR count). The van der Waals surface area contributed by atoms with E-state index in [1.54, 1.807) is 0 Å². The first kappa shape index (κ1) is 15.4. The van der Waals surface area contributed by atoms with Crippen molar-refractivity contribution in [2.75, 3.05) is 32.8 Å². The number of ether oxygens (including phenoxy) is 1. The molecule has 0 spiro atoms. The Labute approximate surface area is 107 Å². The molecule has 0 aliphatic carbocycles. The standard InChI is InChI=1S/C10H20N2O5S/c1-3-12-4-5-17-9(7-12)6-11-18(15,16)8(2)10(13)14/h8-9,11H,3-7H2,1-2H3,(H,13,14). The number of sulfonamides is 1. The highest BCUT2D eigenvalue weighted by molar-refractivity contribution is 7.90. The third kappa shape index (κ3) is 4.20. The lowest BCUT2D eigenvalue weighted by atomic mass is 10.3. The van der Waals surface area contributed by atoms with E-state index in [1.807, 2.05) is 6.92 Å². The number of carboxylic acids is 1. The van der Waals surface area contributed by atoms with Gasteiger partial charge in [0.15, 0.2) is 5.25 Å². The minimum Gasteiger partial charge on any atom is -0.480 e. The van der Waals surface area contributed by atoms with Gasteiger partial charge < -0.3 is 9.84 Å². The Morgan fingerprint density at radius 2 is 2.28 bits per heavy atom. The summed E-state index contributed by atoms with van der Waals surface area (Å²) in [5.74, 6) is -1.36. The number of carbonyl (C=O) groups is 1. The van der Waals surface area contributed by atoms with Crippen LogP contribution in [0.3, 0.4) is 0 Å². The molecule has 0 saturated carbocycles. The van der Waals surface area contributed by atoms with Crippen LogP contribution in [-0.2, 0) is 19.6 Å². The fraction of sp³-hybridized carbons (Fsp3) is 0.900. The average Bonchev–Trinajstić information content (AvgIpc) is 2.35. The number of hydrogen-bond donors (Lipinski definition) is 2. The Morgan fingerprint density at radius 3 is 2.83 bits per heavy atom. The molecule has 1 heterocycles. The van der Waals surface area contributed by atoms with Crippen molar-refractivity contribution in [2.45, 2.75) is 25.2 Å². The minimum absolute atomic E-state index is 0.108. The van der Waals surface area contributed by atoms with Crippen molar-refractivity contribution in [2.24, 2.45) is 0 Å². The maximum Gasteiger partial charge on any atom is 0.323 e. The van der Waals surface area contributed by atoms with E-state index in [0.29, 0.717) is 13.2 Å². The summed E-state index contributed by atoms with van der Waals surface area (Å²) in [7, 11) is -3.83. The lowest BCUT2D eigenvalue weighted by Gasteiger charge is -2.32. The first-order chi connectivity index (χ1) is 8.36.